The van der Waals surface area contributed by atoms with E-state index in [4.69, 9.17) is 8.83 Å². The van der Waals surface area contributed by atoms with E-state index in [9.17, 15) is 0 Å². The smallest absolute Gasteiger partial charge is 0.250 e. The van der Waals surface area contributed by atoms with E-state index in [0.717, 1.165) is 12.0 Å². The molecule has 2 aromatic heterocycles. The van der Waals surface area contributed by atoms with Gasteiger partial charge in [-0.15, -0.1) is 10.2 Å². The molecule has 0 saturated carbocycles. The molecule has 0 N–H and O–H groups in total. The Morgan fingerprint density at radius 3 is 2.92 bits per heavy atom. The minimum absolute atomic E-state index is 0.514. The summed E-state index contributed by atoms with van der Waals surface area (Å²) in [5, 5.41) is 7.69. The van der Waals surface area contributed by atoms with Gasteiger partial charge in [0.05, 0.1) is 11.8 Å². The molecule has 0 saturated heterocycles. The van der Waals surface area contributed by atoms with E-state index < -0.39 is 0 Å². The maximum Gasteiger partial charge on any atom is 0.250 e. The SMILES string of the molecule is CCc1nnc(-c2ccoc2)o1. The van der Waals surface area contributed by atoms with Gasteiger partial charge in [-0.25, -0.2) is 0 Å². The minimum Gasteiger partial charge on any atom is -0.472 e. The normalized spacial score (nSPS) is 10.4. The molecular formula is C8H8N2O2. The van der Waals surface area contributed by atoms with Crippen LogP contribution in [0.3, 0.4) is 0 Å². The molecule has 0 spiro atoms. The van der Waals surface area contributed by atoms with Gasteiger partial charge in [0, 0.05) is 6.42 Å². The number of hydrogen-bond donors (Lipinski definition) is 0. The number of rotatable bonds is 2. The van der Waals surface area contributed by atoms with Gasteiger partial charge in [0.15, 0.2) is 0 Å². The van der Waals surface area contributed by atoms with Crippen LogP contribution in [0.25, 0.3) is 11.5 Å². The number of furan rings is 1. The zero-order valence-corrected chi connectivity index (χ0v) is 6.65. The Labute approximate surface area is 69.2 Å². The van der Waals surface area contributed by atoms with Gasteiger partial charge in [0.2, 0.25) is 5.89 Å². The van der Waals surface area contributed by atoms with Crippen molar-refractivity contribution in [3.8, 4) is 11.5 Å². The molecule has 0 amide bonds. The number of aromatic nitrogens is 2. The molecule has 0 bridgehead atoms. The van der Waals surface area contributed by atoms with Gasteiger partial charge in [-0.3, -0.25) is 0 Å². The van der Waals surface area contributed by atoms with Crippen molar-refractivity contribution in [2.24, 2.45) is 0 Å². The van der Waals surface area contributed by atoms with Crippen LogP contribution < -0.4 is 0 Å². The highest BCUT2D eigenvalue weighted by molar-refractivity contribution is 5.49. The van der Waals surface area contributed by atoms with Crippen molar-refractivity contribution in [1.29, 1.82) is 0 Å². The van der Waals surface area contributed by atoms with Crippen LogP contribution in [-0.4, -0.2) is 10.2 Å². The fourth-order valence-electron chi connectivity index (χ4n) is 0.899. The topological polar surface area (TPSA) is 52.1 Å². The maximum absolute atomic E-state index is 5.29. The predicted molar refractivity (Wildman–Crippen MR) is 41.4 cm³/mol. The molecule has 2 heterocycles. The molecule has 0 radical (unpaired) electrons. The lowest BCUT2D eigenvalue weighted by molar-refractivity contribution is 0.510. The molecule has 0 aliphatic rings. The predicted octanol–water partition coefficient (Wildman–Crippen LogP) is 1.89. The van der Waals surface area contributed by atoms with Crippen molar-refractivity contribution >= 4 is 0 Å². The molecule has 4 nitrogen and oxygen atoms in total. The van der Waals surface area contributed by atoms with Crippen molar-refractivity contribution < 1.29 is 8.83 Å². The van der Waals surface area contributed by atoms with Crippen molar-refractivity contribution in [2.75, 3.05) is 0 Å². The molecule has 2 rings (SSSR count). The lowest BCUT2D eigenvalue weighted by Gasteiger charge is -1.83. The standard InChI is InChI=1S/C8H8N2O2/c1-2-7-9-10-8(12-7)6-3-4-11-5-6/h3-5H,2H2,1H3. The fraction of sp³-hybridized carbons (Fsp3) is 0.250. The first-order valence-electron chi connectivity index (χ1n) is 3.75. The third-order valence-corrected chi connectivity index (χ3v) is 1.54. The number of nitrogens with zero attached hydrogens (tertiary/aromatic N) is 2. The molecular weight excluding hydrogens is 156 g/mol. The van der Waals surface area contributed by atoms with Crippen LogP contribution >= 0.6 is 0 Å². The summed E-state index contributed by atoms with van der Waals surface area (Å²) in [7, 11) is 0. The lowest BCUT2D eigenvalue weighted by Crippen LogP contribution is -1.76. The van der Waals surface area contributed by atoms with E-state index >= 15 is 0 Å². The van der Waals surface area contributed by atoms with Gasteiger partial charge in [-0.05, 0) is 6.07 Å². The Morgan fingerprint density at radius 2 is 2.33 bits per heavy atom. The van der Waals surface area contributed by atoms with E-state index in [1.54, 1.807) is 18.6 Å². The Hall–Kier alpha value is -1.58. The summed E-state index contributed by atoms with van der Waals surface area (Å²) in [6.07, 6.45) is 3.91. The molecule has 2 aromatic rings. The van der Waals surface area contributed by atoms with Gasteiger partial charge < -0.3 is 8.83 Å². The molecule has 0 aliphatic carbocycles. The van der Waals surface area contributed by atoms with Crippen molar-refractivity contribution in [3.05, 3.63) is 24.5 Å². The van der Waals surface area contributed by atoms with Gasteiger partial charge >= 0.3 is 0 Å². The van der Waals surface area contributed by atoms with E-state index in [0.29, 0.717) is 11.8 Å². The summed E-state index contributed by atoms with van der Waals surface area (Å²) in [5.41, 5.74) is 0.821. The molecule has 0 atom stereocenters. The minimum atomic E-state index is 0.514. The Bertz CT molecular complexity index is 351. The quantitative estimate of drug-likeness (QED) is 0.680. The van der Waals surface area contributed by atoms with Crippen LogP contribution in [0.2, 0.25) is 0 Å². The summed E-state index contributed by atoms with van der Waals surface area (Å²) >= 11 is 0. The number of hydrogen-bond acceptors (Lipinski definition) is 4. The molecule has 0 aliphatic heterocycles. The molecule has 62 valence electrons. The van der Waals surface area contributed by atoms with E-state index in [-0.39, 0.29) is 0 Å². The Balaban J connectivity index is 2.35. The second-order valence-electron chi connectivity index (χ2n) is 2.37. The summed E-state index contributed by atoms with van der Waals surface area (Å²) in [5.74, 6) is 1.16. The summed E-state index contributed by atoms with van der Waals surface area (Å²) in [4.78, 5) is 0. The monoisotopic (exact) mass is 164 g/mol. The molecule has 4 heteroatoms. The van der Waals surface area contributed by atoms with Crippen LogP contribution in [-0.2, 0) is 6.42 Å². The Morgan fingerprint density at radius 1 is 1.42 bits per heavy atom. The van der Waals surface area contributed by atoms with Crippen LogP contribution in [0.5, 0.6) is 0 Å². The van der Waals surface area contributed by atoms with Gasteiger partial charge in [-0.1, -0.05) is 6.92 Å². The fourth-order valence-corrected chi connectivity index (χ4v) is 0.899. The third-order valence-electron chi connectivity index (χ3n) is 1.54. The first-order chi connectivity index (χ1) is 5.90. The average Bonchev–Trinajstić information content (AvgIpc) is 2.75. The second kappa shape index (κ2) is 2.81. The zero-order valence-electron chi connectivity index (χ0n) is 6.65. The van der Waals surface area contributed by atoms with E-state index in [2.05, 4.69) is 10.2 Å². The van der Waals surface area contributed by atoms with Crippen molar-refractivity contribution in [2.45, 2.75) is 13.3 Å². The van der Waals surface area contributed by atoms with Crippen LogP contribution in [0.1, 0.15) is 12.8 Å². The van der Waals surface area contributed by atoms with Crippen LogP contribution in [0.15, 0.2) is 27.4 Å². The van der Waals surface area contributed by atoms with E-state index in [1.165, 1.54) is 0 Å². The molecule has 0 fully saturated rings. The second-order valence-corrected chi connectivity index (χ2v) is 2.37. The van der Waals surface area contributed by atoms with Crippen molar-refractivity contribution in [3.63, 3.8) is 0 Å². The van der Waals surface area contributed by atoms with E-state index in [1.807, 2.05) is 6.92 Å². The maximum atomic E-state index is 5.29. The highest BCUT2D eigenvalue weighted by Crippen LogP contribution is 2.17. The Kier molecular flexibility index (Phi) is 1.66. The molecule has 0 aromatic carbocycles. The highest BCUT2D eigenvalue weighted by atomic mass is 16.4. The van der Waals surface area contributed by atoms with Gasteiger partial charge in [-0.2, -0.15) is 0 Å². The first kappa shape index (κ1) is 7.09. The molecule has 0 unspecified atom stereocenters. The van der Waals surface area contributed by atoms with Crippen LogP contribution in [0.4, 0.5) is 0 Å². The highest BCUT2D eigenvalue weighted by Gasteiger charge is 2.07. The van der Waals surface area contributed by atoms with Gasteiger partial charge in [0.25, 0.3) is 5.89 Å². The summed E-state index contributed by atoms with van der Waals surface area (Å²) in [6.45, 7) is 1.96. The zero-order chi connectivity index (χ0) is 8.39. The van der Waals surface area contributed by atoms with Gasteiger partial charge in [0.1, 0.15) is 6.26 Å². The van der Waals surface area contributed by atoms with Crippen molar-refractivity contribution in [1.82, 2.24) is 10.2 Å². The third kappa shape index (κ3) is 1.11. The average molecular weight is 164 g/mol. The summed E-state index contributed by atoms with van der Waals surface area (Å²) in [6, 6.07) is 1.78. The lowest BCUT2D eigenvalue weighted by atomic mass is 10.3. The summed E-state index contributed by atoms with van der Waals surface area (Å²) < 4.78 is 10.2. The van der Waals surface area contributed by atoms with Crippen LogP contribution in [0, 0.1) is 0 Å². The first-order valence-corrected chi connectivity index (χ1v) is 3.75. The largest absolute Gasteiger partial charge is 0.472 e. The number of aryl methyl sites for hydroxylation is 1. The molecule has 12 heavy (non-hydrogen) atoms.